The van der Waals surface area contributed by atoms with Crippen LogP contribution >= 0.6 is 16.1 Å². The molecule has 5 nitrogen and oxygen atoms in total. The minimum Gasteiger partial charge on any atom is -0.463 e. The molecule has 86 valence electrons. The lowest BCUT2D eigenvalue weighted by molar-refractivity contribution is -0.144. The molecule has 0 spiro atoms. The first kappa shape index (κ1) is 14.1. The number of halogens is 1. The van der Waals surface area contributed by atoms with Crippen molar-refractivity contribution in [1.29, 1.82) is 0 Å². The number of esters is 1. The molecule has 0 atom stereocenters. The molecule has 0 saturated carbocycles. The molecule has 0 unspecified atom stereocenters. The number of ether oxygens (including phenoxy) is 1. The van der Waals surface area contributed by atoms with Crippen LogP contribution < -0.4 is 0 Å². The average molecular weight is 280 g/mol. The Labute approximate surface area is 97.1 Å². The number of imide groups is 1. The van der Waals surface area contributed by atoms with E-state index >= 15 is 0 Å². The van der Waals surface area contributed by atoms with Gasteiger partial charge in [0.05, 0.1) is 22.3 Å². The first-order valence-corrected chi connectivity index (χ1v) is 5.24. The second kappa shape index (κ2) is 6.55. The van der Waals surface area contributed by atoms with Gasteiger partial charge in [-0.25, -0.2) is 3.93 Å². The van der Waals surface area contributed by atoms with Gasteiger partial charge in [0.1, 0.15) is 0 Å². The molecule has 1 heterocycles. The summed E-state index contributed by atoms with van der Waals surface area (Å²) < 4.78 is 5.59. The van der Waals surface area contributed by atoms with Gasteiger partial charge in [0, 0.05) is 19.8 Å². The molecule has 1 saturated heterocycles. The zero-order valence-corrected chi connectivity index (χ0v) is 10.5. The molecule has 0 aromatic rings. The summed E-state index contributed by atoms with van der Waals surface area (Å²) in [6, 6.07) is 0. The SMILES string of the molecule is CC(=O)OC(C)C.O=C1CCC(=O)N1Br. The van der Waals surface area contributed by atoms with Gasteiger partial charge in [-0.1, -0.05) is 0 Å². The van der Waals surface area contributed by atoms with Crippen LogP contribution in [0.15, 0.2) is 0 Å². The number of nitrogens with zero attached hydrogens (tertiary/aromatic N) is 1. The smallest absolute Gasteiger partial charge is 0.302 e. The minimum absolute atomic E-state index is 0.0255. The number of carbonyl (C=O) groups excluding carboxylic acids is 3. The van der Waals surface area contributed by atoms with Crippen LogP contribution in [-0.4, -0.2) is 27.8 Å². The summed E-state index contributed by atoms with van der Waals surface area (Å²) in [6.07, 6.45) is 0.728. The third-order valence-corrected chi connectivity index (χ3v) is 2.18. The Kier molecular flexibility index (Phi) is 6.15. The van der Waals surface area contributed by atoms with Crippen molar-refractivity contribution in [1.82, 2.24) is 3.93 Å². The Bertz CT molecular complexity index is 249. The molecule has 0 bridgehead atoms. The maximum absolute atomic E-state index is 10.4. The average Bonchev–Trinajstić information content (AvgIpc) is 2.35. The Morgan fingerprint density at radius 2 is 1.73 bits per heavy atom. The monoisotopic (exact) mass is 279 g/mol. The second-order valence-electron chi connectivity index (χ2n) is 3.23. The predicted octanol–water partition coefficient (Wildman–Crippen LogP) is 1.40. The van der Waals surface area contributed by atoms with Gasteiger partial charge in [0.25, 0.3) is 0 Å². The van der Waals surface area contributed by atoms with E-state index in [0.717, 1.165) is 3.93 Å². The highest BCUT2D eigenvalue weighted by atomic mass is 79.9. The van der Waals surface area contributed by atoms with Crippen molar-refractivity contribution in [3.8, 4) is 0 Å². The third kappa shape index (κ3) is 6.22. The van der Waals surface area contributed by atoms with Gasteiger partial charge in [-0.2, -0.15) is 0 Å². The van der Waals surface area contributed by atoms with E-state index in [1.165, 1.54) is 6.92 Å². The Hall–Kier alpha value is -0.910. The van der Waals surface area contributed by atoms with Gasteiger partial charge < -0.3 is 4.74 Å². The molecular formula is C9H14BrNO4. The van der Waals surface area contributed by atoms with Crippen LogP contribution in [0, 0.1) is 0 Å². The van der Waals surface area contributed by atoms with Crippen molar-refractivity contribution < 1.29 is 19.1 Å². The van der Waals surface area contributed by atoms with Crippen molar-refractivity contribution in [3.05, 3.63) is 0 Å². The molecule has 0 aromatic heterocycles. The topological polar surface area (TPSA) is 63.7 Å². The van der Waals surface area contributed by atoms with E-state index in [2.05, 4.69) is 20.9 Å². The number of hydrogen-bond donors (Lipinski definition) is 0. The molecule has 6 heteroatoms. The molecule has 1 rings (SSSR count). The molecule has 0 aliphatic carbocycles. The van der Waals surface area contributed by atoms with Crippen LogP contribution in [0.3, 0.4) is 0 Å². The molecule has 15 heavy (non-hydrogen) atoms. The summed E-state index contributed by atoms with van der Waals surface area (Å²) in [5, 5.41) is 0. The molecular weight excluding hydrogens is 266 g/mol. The van der Waals surface area contributed by atoms with E-state index in [1.807, 2.05) is 13.8 Å². The molecule has 0 radical (unpaired) electrons. The van der Waals surface area contributed by atoms with Crippen molar-refractivity contribution in [2.24, 2.45) is 0 Å². The predicted molar refractivity (Wildman–Crippen MR) is 56.9 cm³/mol. The highest BCUT2D eigenvalue weighted by molar-refractivity contribution is 9.08. The lowest BCUT2D eigenvalue weighted by Crippen LogP contribution is -2.16. The Morgan fingerprint density at radius 3 is 1.80 bits per heavy atom. The van der Waals surface area contributed by atoms with E-state index in [-0.39, 0.29) is 23.9 Å². The van der Waals surface area contributed by atoms with Gasteiger partial charge in [0.2, 0.25) is 11.8 Å². The molecule has 0 N–H and O–H groups in total. The van der Waals surface area contributed by atoms with Crippen LogP contribution in [0.2, 0.25) is 0 Å². The lowest BCUT2D eigenvalue weighted by atomic mass is 10.4. The van der Waals surface area contributed by atoms with Crippen molar-refractivity contribution in [3.63, 3.8) is 0 Å². The van der Waals surface area contributed by atoms with Crippen LogP contribution in [0.25, 0.3) is 0 Å². The zero-order valence-electron chi connectivity index (χ0n) is 8.95. The Balaban J connectivity index is 0.000000265. The maximum atomic E-state index is 10.4. The highest BCUT2D eigenvalue weighted by Crippen LogP contribution is 2.14. The van der Waals surface area contributed by atoms with Gasteiger partial charge in [-0.3, -0.25) is 14.4 Å². The molecule has 0 aromatic carbocycles. The molecule has 1 aliphatic rings. The second-order valence-corrected chi connectivity index (χ2v) is 3.94. The van der Waals surface area contributed by atoms with E-state index < -0.39 is 0 Å². The van der Waals surface area contributed by atoms with E-state index in [4.69, 9.17) is 0 Å². The van der Waals surface area contributed by atoms with Crippen LogP contribution in [0.1, 0.15) is 33.6 Å². The fraction of sp³-hybridized carbons (Fsp3) is 0.667. The summed E-state index contributed by atoms with van der Waals surface area (Å²) in [5.41, 5.74) is 0. The van der Waals surface area contributed by atoms with Crippen molar-refractivity contribution in [2.45, 2.75) is 39.7 Å². The van der Waals surface area contributed by atoms with Crippen LogP contribution in [0.4, 0.5) is 0 Å². The number of carbonyl (C=O) groups is 3. The zero-order chi connectivity index (χ0) is 12.0. The van der Waals surface area contributed by atoms with E-state index in [1.54, 1.807) is 0 Å². The standard InChI is InChI=1S/C5H10O2.C4H4BrNO2/c1-4(2)7-5(3)6;5-6-3(7)1-2-4(6)8/h4H,1-3H3;1-2H2. The summed E-state index contributed by atoms with van der Waals surface area (Å²) in [4.78, 5) is 30.9. The Morgan fingerprint density at radius 1 is 1.33 bits per heavy atom. The first-order valence-electron chi connectivity index (χ1n) is 4.53. The van der Waals surface area contributed by atoms with Gasteiger partial charge >= 0.3 is 5.97 Å². The van der Waals surface area contributed by atoms with E-state index in [9.17, 15) is 14.4 Å². The summed E-state index contributed by atoms with van der Waals surface area (Å²) in [6.45, 7) is 5.04. The number of amides is 2. The normalized spacial score (nSPS) is 15.1. The van der Waals surface area contributed by atoms with E-state index in [0.29, 0.717) is 12.8 Å². The number of hydrogen-bond acceptors (Lipinski definition) is 4. The third-order valence-electron chi connectivity index (χ3n) is 1.39. The summed E-state index contributed by atoms with van der Waals surface area (Å²) in [7, 11) is 0. The molecule has 1 aliphatic heterocycles. The largest absolute Gasteiger partial charge is 0.463 e. The minimum atomic E-state index is -0.213. The van der Waals surface area contributed by atoms with Gasteiger partial charge in [-0.15, -0.1) is 0 Å². The summed E-state index contributed by atoms with van der Waals surface area (Å²) in [5.74, 6) is -0.500. The lowest BCUT2D eigenvalue weighted by Gasteiger charge is -2.01. The van der Waals surface area contributed by atoms with Crippen molar-refractivity contribution >= 4 is 33.9 Å². The fourth-order valence-corrected chi connectivity index (χ4v) is 1.24. The van der Waals surface area contributed by atoms with Gasteiger partial charge in [0.15, 0.2) is 0 Å². The molecule has 1 fully saturated rings. The highest BCUT2D eigenvalue weighted by Gasteiger charge is 2.26. The van der Waals surface area contributed by atoms with Crippen molar-refractivity contribution in [2.75, 3.05) is 0 Å². The first-order chi connectivity index (χ1) is 6.84. The quantitative estimate of drug-likeness (QED) is 0.414. The van der Waals surface area contributed by atoms with Gasteiger partial charge in [-0.05, 0) is 13.8 Å². The fourth-order valence-electron chi connectivity index (χ4n) is 0.881. The summed E-state index contributed by atoms with van der Waals surface area (Å²) >= 11 is 2.80. The molecule has 2 amide bonds. The number of rotatable bonds is 1. The van der Waals surface area contributed by atoms with Crippen LogP contribution in [0.5, 0.6) is 0 Å². The maximum Gasteiger partial charge on any atom is 0.302 e. The van der Waals surface area contributed by atoms with Crippen LogP contribution in [-0.2, 0) is 19.1 Å².